The van der Waals surface area contributed by atoms with Gasteiger partial charge in [0, 0.05) is 57.3 Å². The summed E-state index contributed by atoms with van der Waals surface area (Å²) >= 11 is 0. The molecule has 2 rings (SSSR count). The van der Waals surface area contributed by atoms with Crippen LogP contribution >= 0.6 is 0 Å². The summed E-state index contributed by atoms with van der Waals surface area (Å²) in [5, 5.41) is 0. The highest BCUT2D eigenvalue weighted by atomic mass is 16.2. The van der Waals surface area contributed by atoms with Crippen molar-refractivity contribution < 1.29 is 33.6 Å². The molecular formula is C70H123NO7. The van der Waals surface area contributed by atoms with Crippen molar-refractivity contribution in [2.24, 2.45) is 55.2 Å². The molecule has 2 aliphatic rings. The second-order valence-electron chi connectivity index (χ2n) is 28.8. The summed E-state index contributed by atoms with van der Waals surface area (Å²) in [5.41, 5.74) is 1.31. The zero-order chi connectivity index (χ0) is 64.2. The van der Waals surface area contributed by atoms with Crippen LogP contribution in [0.25, 0.3) is 0 Å². The summed E-state index contributed by atoms with van der Waals surface area (Å²) < 4.78 is 0. The van der Waals surface area contributed by atoms with Gasteiger partial charge < -0.3 is 4.90 Å². The third kappa shape index (κ3) is 56.1. The van der Waals surface area contributed by atoms with Crippen LogP contribution in [0.15, 0.2) is 85.1 Å². The predicted octanol–water partition coefficient (Wildman–Crippen LogP) is 18.3. The van der Waals surface area contributed by atoms with Crippen LogP contribution < -0.4 is 0 Å². The van der Waals surface area contributed by atoms with Gasteiger partial charge in [0.05, 0.1) is 0 Å². The lowest BCUT2D eigenvalue weighted by atomic mass is 9.79. The first-order chi connectivity index (χ1) is 34.5. The van der Waals surface area contributed by atoms with Gasteiger partial charge >= 0.3 is 0 Å². The van der Waals surface area contributed by atoms with Crippen LogP contribution in [0.3, 0.4) is 0 Å². The molecule has 78 heavy (non-hydrogen) atoms. The van der Waals surface area contributed by atoms with Gasteiger partial charge in [-0.3, -0.25) is 33.6 Å². The number of hydrogen-bond donors (Lipinski definition) is 0. The normalized spacial score (nSPS) is 14.0. The van der Waals surface area contributed by atoms with Gasteiger partial charge in [-0.1, -0.05) is 229 Å². The Morgan fingerprint density at radius 2 is 1.04 bits per heavy atom. The fraction of sp³-hybridized carbons (Fsp3) is 0.671. The van der Waals surface area contributed by atoms with Crippen LogP contribution in [0.5, 0.6) is 0 Å². The molecule has 450 valence electrons. The fourth-order valence-corrected chi connectivity index (χ4v) is 4.65. The molecule has 1 atom stereocenters. The summed E-state index contributed by atoms with van der Waals surface area (Å²) in [6, 6.07) is 0. The minimum absolute atomic E-state index is 0.0949. The van der Waals surface area contributed by atoms with Crippen molar-refractivity contribution in [3.05, 3.63) is 85.1 Å². The van der Waals surface area contributed by atoms with E-state index >= 15 is 0 Å². The third-order valence-corrected chi connectivity index (χ3v) is 10.5. The smallest absolute Gasteiger partial charge is 0.163 e. The van der Waals surface area contributed by atoms with Gasteiger partial charge in [0.25, 0.3) is 0 Å². The van der Waals surface area contributed by atoms with E-state index in [9.17, 15) is 33.6 Å². The molecule has 0 aliphatic heterocycles. The molecule has 8 nitrogen and oxygen atoms in total. The Labute approximate surface area is 483 Å². The average Bonchev–Trinajstić information content (AvgIpc) is 3.68. The van der Waals surface area contributed by atoms with Gasteiger partial charge in [0.15, 0.2) is 34.7 Å². The number of terminal acetylenes is 1. The number of nitrogens with zero attached hydrogens (tertiary/aromatic N) is 1. The first-order valence-electron chi connectivity index (χ1n) is 27.9. The fourth-order valence-electron chi connectivity index (χ4n) is 4.65. The monoisotopic (exact) mass is 1090 g/mol. The van der Waals surface area contributed by atoms with Gasteiger partial charge in [0.2, 0.25) is 0 Å². The van der Waals surface area contributed by atoms with Crippen LogP contribution in [-0.2, 0) is 33.6 Å². The minimum Gasteiger partial charge on any atom is -0.306 e. The molecule has 0 heterocycles. The van der Waals surface area contributed by atoms with Crippen molar-refractivity contribution in [3.8, 4) is 12.3 Å². The molecule has 0 saturated heterocycles. The van der Waals surface area contributed by atoms with Crippen LogP contribution in [0.2, 0.25) is 0 Å². The number of Topliss-reactive ketones (excluding diaryl/α,β-unsaturated/α-hetero) is 2. The zero-order valence-corrected chi connectivity index (χ0v) is 56.8. The molecule has 0 bridgehead atoms. The van der Waals surface area contributed by atoms with Crippen molar-refractivity contribution in [2.45, 2.75) is 233 Å². The number of allylic oxidation sites excluding steroid dienone is 11. The maximum Gasteiger partial charge on any atom is 0.163 e. The molecule has 0 spiro atoms. The van der Waals surface area contributed by atoms with Crippen molar-refractivity contribution in [3.63, 3.8) is 0 Å². The first kappa shape index (κ1) is 87.3. The molecule has 0 fully saturated rings. The van der Waals surface area contributed by atoms with E-state index < -0.39 is 0 Å². The molecule has 8 heteroatoms. The topological polar surface area (TPSA) is 123 Å². The second-order valence-corrected chi connectivity index (χ2v) is 28.8. The largest absolute Gasteiger partial charge is 0.306 e. The lowest BCUT2D eigenvalue weighted by molar-refractivity contribution is -0.126. The van der Waals surface area contributed by atoms with Gasteiger partial charge in [-0.05, 0) is 101 Å². The number of likely N-dealkylation sites (N-methyl/N-ethyl adjacent to an activating group) is 1. The number of rotatable bonds is 8. The Morgan fingerprint density at radius 3 is 1.15 bits per heavy atom. The quantitative estimate of drug-likeness (QED) is 0.134. The van der Waals surface area contributed by atoms with Gasteiger partial charge in [-0.25, -0.2) is 0 Å². The summed E-state index contributed by atoms with van der Waals surface area (Å²) in [6.07, 6.45) is 26.2. The van der Waals surface area contributed by atoms with E-state index in [1.165, 1.54) is 6.08 Å². The molecule has 2 aliphatic carbocycles. The molecule has 0 saturated carbocycles. The first-order valence-corrected chi connectivity index (χ1v) is 27.9. The molecule has 0 amide bonds. The lowest BCUT2D eigenvalue weighted by Crippen LogP contribution is -2.24. The van der Waals surface area contributed by atoms with E-state index in [1.54, 1.807) is 30.4 Å². The number of hydrogen-bond acceptors (Lipinski definition) is 8. The van der Waals surface area contributed by atoms with E-state index in [-0.39, 0.29) is 67.0 Å². The maximum absolute atomic E-state index is 11.4. The van der Waals surface area contributed by atoms with Gasteiger partial charge in [-0.15, -0.1) is 18.9 Å². The lowest BCUT2D eigenvalue weighted by Gasteiger charge is -2.24. The van der Waals surface area contributed by atoms with E-state index in [2.05, 4.69) is 60.6 Å². The van der Waals surface area contributed by atoms with Crippen molar-refractivity contribution in [1.82, 2.24) is 4.90 Å². The van der Waals surface area contributed by atoms with Crippen LogP contribution in [-0.4, -0.2) is 66.0 Å². The molecule has 0 aromatic rings. The SMILES string of the molecule is C#CC(C)C.C/C=C/C(=O)C(C)(C)C.C=CC(=O)C(C)(C)C.C=CC(C)(C)C.CC(C)(C)C(=O)C1=CCC1.CC(C)(C)C1CC=CC1=O.CC(C)=CC(=O)C(C)(C)C.CCC(=O)C(C)(C)C.CN(C)C/C=C/C(=O)C(C)(C)C. The summed E-state index contributed by atoms with van der Waals surface area (Å²) in [7, 11) is 3.96. The minimum atomic E-state index is -0.248. The highest BCUT2D eigenvalue weighted by Crippen LogP contribution is 2.33. The number of carbonyl (C=O) groups is 7. The highest BCUT2D eigenvalue weighted by Gasteiger charge is 2.31. The summed E-state index contributed by atoms with van der Waals surface area (Å²) in [6.45, 7) is 66.8. The summed E-state index contributed by atoms with van der Waals surface area (Å²) in [5.74, 6) is 4.78. The molecule has 0 aromatic carbocycles. The molecular weight excluding hydrogens is 967 g/mol. The molecule has 1 unspecified atom stereocenters. The predicted molar refractivity (Wildman–Crippen MR) is 342 cm³/mol. The van der Waals surface area contributed by atoms with Crippen molar-refractivity contribution >= 4 is 40.5 Å². The van der Waals surface area contributed by atoms with E-state index in [1.807, 2.05) is 209 Å². The van der Waals surface area contributed by atoms with Crippen molar-refractivity contribution in [1.29, 1.82) is 0 Å². The van der Waals surface area contributed by atoms with Crippen LogP contribution in [0.1, 0.15) is 233 Å². The number of carbonyl (C=O) groups excluding carboxylic acids is 7. The number of ketones is 7. The van der Waals surface area contributed by atoms with E-state index in [0.717, 1.165) is 37.0 Å². The Balaban J connectivity index is -0.000000147. The Hall–Kier alpha value is -4.61. The Morgan fingerprint density at radius 1 is 0.667 bits per heavy atom. The third-order valence-electron chi connectivity index (χ3n) is 10.5. The molecule has 0 radical (unpaired) electrons. The van der Waals surface area contributed by atoms with Crippen molar-refractivity contribution in [2.75, 3.05) is 20.6 Å². The Bertz CT molecular complexity index is 2010. The maximum atomic E-state index is 11.4. The summed E-state index contributed by atoms with van der Waals surface area (Å²) in [4.78, 5) is 79.6. The molecule has 0 N–H and O–H groups in total. The highest BCUT2D eigenvalue weighted by molar-refractivity contribution is 6.00. The Kier molecular flexibility index (Phi) is 45.4. The molecule has 0 aromatic heterocycles. The van der Waals surface area contributed by atoms with Crippen LogP contribution in [0.4, 0.5) is 0 Å². The van der Waals surface area contributed by atoms with E-state index in [4.69, 9.17) is 6.42 Å². The van der Waals surface area contributed by atoms with E-state index in [0.29, 0.717) is 35.1 Å². The van der Waals surface area contributed by atoms with Crippen LogP contribution in [0, 0.1) is 67.5 Å². The zero-order valence-electron chi connectivity index (χ0n) is 56.8. The average molecular weight is 1090 g/mol. The van der Waals surface area contributed by atoms with Gasteiger partial charge in [0.1, 0.15) is 5.78 Å². The standard InChI is InChI=1S/C10H19NO.2C9H14O.C9H16O.C8H14O.C7H14O.C7H12O.C6H12.C5H8/c1-10(2,3)9(12)7-6-8-11(4)5;1-9(2,3)7-5-4-6-8(7)10;1-9(2,3)8(10)7-5-4-6-7;1-7(2)6-8(10)9(3,4)5;1-5-6-7(9)8(2,3)4;2*1-5-6(8)7(2,3)4;1-5-6(2,3)4;1-4-5(2)3/h6-7H,8H2,1-5H3;4,6-7H,5H2,1-3H3;5H,4,6H2,1-3H3;6H,1-5H3;5-6H,1-4H3;5H2,1-4H3;5H,1H2,2-4H3;5H,1H2,2-4H3;1,5H,2-3H3/b7-6+;;;;6-5+;;;;. The van der Waals surface area contributed by atoms with Gasteiger partial charge in [-0.2, -0.15) is 0 Å². The second kappa shape index (κ2) is 40.5.